The van der Waals surface area contributed by atoms with Crippen LogP contribution in [0.2, 0.25) is 5.02 Å². The second-order valence-corrected chi connectivity index (χ2v) is 13.7. The van der Waals surface area contributed by atoms with Crippen LogP contribution < -0.4 is 19.8 Å². The van der Waals surface area contributed by atoms with E-state index < -0.39 is 15.9 Å². The average molecular weight is 673 g/mol. The highest BCUT2D eigenvalue weighted by Gasteiger charge is 2.26. The van der Waals surface area contributed by atoms with Gasteiger partial charge in [0.05, 0.1) is 23.3 Å². The number of nitrogens with one attached hydrogen (secondary N) is 2. The Morgan fingerprint density at radius 3 is 2.34 bits per heavy atom. The van der Waals surface area contributed by atoms with E-state index in [1.165, 1.54) is 16.9 Å². The SMILES string of the molecule is Cc1ccc(Cl)cc1N(Cc1ccc(C(=O)N/N=C\c2ccc(OCC(=O)NC3CCCCC3)cc2)cc1)S(=O)(=O)c1ccccc1. The fraction of sp³-hybridized carbons (Fsp3) is 0.250. The van der Waals surface area contributed by atoms with Crippen LogP contribution in [-0.2, 0) is 21.4 Å². The summed E-state index contributed by atoms with van der Waals surface area (Å²) >= 11 is 6.26. The van der Waals surface area contributed by atoms with E-state index in [0.29, 0.717) is 27.6 Å². The first-order valence-corrected chi connectivity index (χ1v) is 17.3. The highest BCUT2D eigenvalue weighted by atomic mass is 35.5. The minimum absolute atomic E-state index is 0.0311. The predicted molar refractivity (Wildman–Crippen MR) is 184 cm³/mol. The van der Waals surface area contributed by atoms with Crippen molar-refractivity contribution in [3.8, 4) is 5.75 Å². The summed E-state index contributed by atoms with van der Waals surface area (Å²) in [4.78, 5) is 25.1. The summed E-state index contributed by atoms with van der Waals surface area (Å²) in [5.74, 6) is 0.0194. The molecule has 47 heavy (non-hydrogen) atoms. The summed E-state index contributed by atoms with van der Waals surface area (Å²) in [6, 6.07) is 27.3. The van der Waals surface area contributed by atoms with Gasteiger partial charge in [-0.3, -0.25) is 13.9 Å². The van der Waals surface area contributed by atoms with Gasteiger partial charge in [-0.05, 0) is 97.1 Å². The molecule has 0 aliphatic heterocycles. The summed E-state index contributed by atoms with van der Waals surface area (Å²) in [7, 11) is -3.92. The maximum Gasteiger partial charge on any atom is 0.271 e. The second-order valence-electron chi connectivity index (χ2n) is 11.4. The van der Waals surface area contributed by atoms with Crippen molar-refractivity contribution in [3.63, 3.8) is 0 Å². The fourth-order valence-corrected chi connectivity index (χ4v) is 7.04. The molecular formula is C36H37ClN4O5S. The minimum atomic E-state index is -3.92. The second kappa shape index (κ2) is 15.8. The number of amides is 2. The molecule has 11 heteroatoms. The number of rotatable bonds is 12. The van der Waals surface area contributed by atoms with Crippen molar-refractivity contribution in [3.05, 3.63) is 124 Å². The van der Waals surface area contributed by atoms with Crippen LogP contribution >= 0.6 is 11.6 Å². The summed E-state index contributed by atoms with van der Waals surface area (Å²) < 4.78 is 34.4. The van der Waals surface area contributed by atoms with Gasteiger partial charge in [-0.25, -0.2) is 13.8 Å². The molecule has 2 amide bonds. The molecule has 0 spiro atoms. The van der Waals surface area contributed by atoms with E-state index in [1.807, 2.05) is 6.92 Å². The van der Waals surface area contributed by atoms with Gasteiger partial charge in [-0.2, -0.15) is 5.10 Å². The normalized spacial score (nSPS) is 13.7. The number of halogens is 1. The molecule has 1 aliphatic rings. The molecule has 1 fully saturated rings. The molecular weight excluding hydrogens is 636 g/mol. The first-order valence-electron chi connectivity index (χ1n) is 15.5. The van der Waals surface area contributed by atoms with Crippen molar-refractivity contribution in [2.45, 2.75) is 56.5 Å². The van der Waals surface area contributed by atoms with Crippen molar-refractivity contribution in [2.75, 3.05) is 10.9 Å². The van der Waals surface area contributed by atoms with Crippen LogP contribution in [0.25, 0.3) is 0 Å². The Balaban J connectivity index is 1.17. The largest absolute Gasteiger partial charge is 0.484 e. The molecule has 0 radical (unpaired) electrons. The first kappa shape index (κ1) is 33.7. The highest BCUT2D eigenvalue weighted by Crippen LogP contribution is 2.31. The predicted octanol–water partition coefficient (Wildman–Crippen LogP) is 6.64. The van der Waals surface area contributed by atoms with E-state index in [9.17, 15) is 18.0 Å². The number of ether oxygens (including phenoxy) is 1. The number of hydrogen-bond donors (Lipinski definition) is 2. The Hall–Kier alpha value is -4.67. The molecule has 4 aromatic carbocycles. The molecule has 5 rings (SSSR count). The van der Waals surface area contributed by atoms with Gasteiger partial charge < -0.3 is 10.1 Å². The average Bonchev–Trinajstić information content (AvgIpc) is 3.09. The molecule has 0 aromatic heterocycles. The van der Waals surface area contributed by atoms with Gasteiger partial charge in [0.25, 0.3) is 21.8 Å². The fourth-order valence-electron chi connectivity index (χ4n) is 5.34. The third-order valence-electron chi connectivity index (χ3n) is 7.91. The summed E-state index contributed by atoms with van der Waals surface area (Å²) in [6.07, 6.45) is 7.07. The van der Waals surface area contributed by atoms with Crippen LogP contribution in [0, 0.1) is 6.92 Å². The van der Waals surface area contributed by atoms with Gasteiger partial charge in [0, 0.05) is 16.6 Å². The number of carbonyl (C=O) groups is 2. The number of anilines is 1. The minimum Gasteiger partial charge on any atom is -0.484 e. The van der Waals surface area contributed by atoms with Crippen LogP contribution in [0.15, 0.2) is 107 Å². The lowest BCUT2D eigenvalue weighted by atomic mass is 9.95. The molecule has 2 N–H and O–H groups in total. The van der Waals surface area contributed by atoms with Crippen molar-refractivity contribution in [1.29, 1.82) is 0 Å². The number of carbonyl (C=O) groups excluding carboxylic acids is 2. The quantitative estimate of drug-likeness (QED) is 0.129. The van der Waals surface area contributed by atoms with E-state index in [2.05, 4.69) is 15.8 Å². The number of nitrogens with zero attached hydrogens (tertiary/aromatic N) is 2. The molecule has 244 valence electrons. The maximum absolute atomic E-state index is 13.7. The topological polar surface area (TPSA) is 117 Å². The standard InChI is InChI=1S/C36H37ClN4O5S/c1-26-12-19-30(37)22-34(26)41(47(44,45)33-10-6-3-7-11-33)24-28-13-17-29(18-14-28)36(43)40-38-23-27-15-20-32(21-16-27)46-25-35(42)39-31-8-4-2-5-9-31/h3,6-7,10-23,31H,2,4-5,8-9,24-25H2,1H3,(H,39,42)(H,40,43)/b38-23-. The number of hydrazone groups is 1. The van der Waals surface area contributed by atoms with Crippen molar-refractivity contribution in [2.24, 2.45) is 5.10 Å². The Morgan fingerprint density at radius 2 is 1.64 bits per heavy atom. The van der Waals surface area contributed by atoms with Gasteiger partial charge in [0.2, 0.25) is 0 Å². The molecule has 0 bridgehead atoms. The van der Waals surface area contributed by atoms with Gasteiger partial charge >= 0.3 is 0 Å². The molecule has 0 atom stereocenters. The summed E-state index contributed by atoms with van der Waals surface area (Å²) in [5.41, 5.74) is 5.50. The lowest BCUT2D eigenvalue weighted by Gasteiger charge is -2.26. The third-order valence-corrected chi connectivity index (χ3v) is 9.92. The molecule has 9 nitrogen and oxygen atoms in total. The maximum atomic E-state index is 13.7. The Labute approximate surface area is 280 Å². The number of benzene rings is 4. The van der Waals surface area contributed by atoms with Gasteiger partial charge in [0.15, 0.2) is 6.61 Å². The molecule has 1 saturated carbocycles. The van der Waals surface area contributed by atoms with Crippen LogP contribution in [-0.4, -0.2) is 39.1 Å². The third kappa shape index (κ3) is 9.21. The number of aryl methyl sites for hydroxylation is 1. The molecule has 4 aromatic rings. The van der Waals surface area contributed by atoms with Crippen molar-refractivity contribution in [1.82, 2.24) is 10.7 Å². The Kier molecular flexibility index (Phi) is 11.3. The van der Waals surface area contributed by atoms with E-state index in [0.717, 1.165) is 36.8 Å². The van der Waals surface area contributed by atoms with Crippen molar-refractivity contribution >= 4 is 45.3 Å². The van der Waals surface area contributed by atoms with E-state index in [-0.39, 0.29) is 30.0 Å². The lowest BCUT2D eigenvalue weighted by Crippen LogP contribution is -2.38. The van der Waals surface area contributed by atoms with E-state index >= 15 is 0 Å². The van der Waals surface area contributed by atoms with E-state index in [4.69, 9.17) is 16.3 Å². The zero-order chi connectivity index (χ0) is 33.2. The summed E-state index contributed by atoms with van der Waals surface area (Å²) in [6.45, 7) is 1.82. The van der Waals surface area contributed by atoms with Gasteiger partial charge in [-0.1, -0.05) is 67.3 Å². The lowest BCUT2D eigenvalue weighted by molar-refractivity contribution is -0.124. The van der Waals surface area contributed by atoms with Crippen LogP contribution in [0.4, 0.5) is 5.69 Å². The van der Waals surface area contributed by atoms with Gasteiger partial charge in [0.1, 0.15) is 5.75 Å². The molecule has 0 unspecified atom stereocenters. The van der Waals surface area contributed by atoms with Crippen LogP contribution in [0.5, 0.6) is 5.75 Å². The highest BCUT2D eigenvalue weighted by molar-refractivity contribution is 7.92. The molecule has 0 saturated heterocycles. The molecule has 0 heterocycles. The first-order chi connectivity index (χ1) is 22.7. The van der Waals surface area contributed by atoms with Crippen molar-refractivity contribution < 1.29 is 22.7 Å². The van der Waals surface area contributed by atoms with Crippen LogP contribution in [0.1, 0.15) is 59.2 Å². The summed E-state index contributed by atoms with van der Waals surface area (Å²) in [5, 5.41) is 7.50. The number of hydrogen-bond acceptors (Lipinski definition) is 6. The number of sulfonamides is 1. The Morgan fingerprint density at radius 1 is 0.936 bits per heavy atom. The van der Waals surface area contributed by atoms with Crippen LogP contribution in [0.3, 0.4) is 0 Å². The Bertz CT molecular complexity index is 1810. The van der Waals surface area contributed by atoms with E-state index in [1.54, 1.807) is 97.1 Å². The molecule has 1 aliphatic carbocycles. The smallest absolute Gasteiger partial charge is 0.271 e. The van der Waals surface area contributed by atoms with Gasteiger partial charge in [-0.15, -0.1) is 0 Å². The zero-order valence-corrected chi connectivity index (χ0v) is 27.6. The zero-order valence-electron chi connectivity index (χ0n) is 26.1. The monoisotopic (exact) mass is 672 g/mol.